The largest absolute Gasteiger partial charge is 0.484 e. The van der Waals surface area contributed by atoms with Crippen LogP contribution in [0.1, 0.15) is 5.56 Å². The van der Waals surface area contributed by atoms with Crippen LogP contribution < -0.4 is 14.4 Å². The number of rotatable bonds is 8. The highest BCUT2D eigenvalue weighted by Gasteiger charge is 2.28. The van der Waals surface area contributed by atoms with Crippen LogP contribution in [0.25, 0.3) is 0 Å². The van der Waals surface area contributed by atoms with Gasteiger partial charge >= 0.3 is 12.1 Å². The Hall–Kier alpha value is -3.23. The van der Waals surface area contributed by atoms with Crippen LogP contribution in [0.15, 0.2) is 48.5 Å². The number of aliphatic carboxylic acids is 1. The summed E-state index contributed by atoms with van der Waals surface area (Å²) in [4.78, 5) is 24.3. The molecule has 6 nitrogen and oxygen atoms in total. The quantitative estimate of drug-likeness (QED) is 0.740. The number of carboxylic acids is 1. The van der Waals surface area contributed by atoms with E-state index < -0.39 is 25.4 Å². The van der Waals surface area contributed by atoms with Gasteiger partial charge < -0.3 is 19.5 Å². The van der Waals surface area contributed by atoms with E-state index in [0.717, 1.165) is 0 Å². The summed E-state index contributed by atoms with van der Waals surface area (Å²) in [5.74, 6) is -1.00. The molecule has 1 amide bonds. The third kappa shape index (κ3) is 6.82. The fraction of sp³-hybridized carbons (Fsp3) is 0.263. The molecule has 0 aliphatic carbocycles. The second kappa shape index (κ2) is 9.12. The molecule has 9 heteroatoms. The predicted molar refractivity (Wildman–Crippen MR) is 94.7 cm³/mol. The van der Waals surface area contributed by atoms with Crippen molar-refractivity contribution in [3.63, 3.8) is 0 Å². The molecule has 0 aliphatic heterocycles. The van der Waals surface area contributed by atoms with Crippen LogP contribution in [0.2, 0.25) is 0 Å². The number of carboxylic acid groups (broad SMARTS) is 1. The highest BCUT2D eigenvalue weighted by atomic mass is 19.4. The second-order valence-corrected chi connectivity index (χ2v) is 5.86. The Morgan fingerprint density at radius 2 is 1.71 bits per heavy atom. The van der Waals surface area contributed by atoms with E-state index in [9.17, 15) is 22.8 Å². The van der Waals surface area contributed by atoms with Crippen molar-refractivity contribution in [3.8, 4) is 11.5 Å². The number of benzene rings is 2. The number of carbonyl (C=O) groups excluding carboxylic acids is 1. The van der Waals surface area contributed by atoms with Crippen LogP contribution in [0.3, 0.4) is 0 Å². The fourth-order valence-electron chi connectivity index (χ4n) is 2.26. The molecule has 0 fully saturated rings. The Kier molecular flexibility index (Phi) is 6.86. The third-order valence-electron chi connectivity index (χ3n) is 3.62. The van der Waals surface area contributed by atoms with Gasteiger partial charge in [0.25, 0.3) is 0 Å². The lowest BCUT2D eigenvalue weighted by Crippen LogP contribution is -2.27. The van der Waals surface area contributed by atoms with Crippen LogP contribution in [-0.2, 0) is 16.0 Å². The molecule has 0 unspecified atom stereocenters. The smallest absolute Gasteiger partial charge is 0.422 e. The number of amides is 1. The van der Waals surface area contributed by atoms with Crippen molar-refractivity contribution in [1.82, 2.24) is 0 Å². The first-order valence-corrected chi connectivity index (χ1v) is 8.14. The van der Waals surface area contributed by atoms with Gasteiger partial charge in [-0.1, -0.05) is 12.1 Å². The molecule has 0 radical (unpaired) electrons. The molecular formula is C19H18F3NO5. The number of alkyl halides is 3. The number of ether oxygens (including phenoxy) is 2. The van der Waals surface area contributed by atoms with E-state index in [1.54, 1.807) is 25.2 Å². The highest BCUT2D eigenvalue weighted by Crippen LogP contribution is 2.22. The van der Waals surface area contributed by atoms with E-state index in [2.05, 4.69) is 4.74 Å². The maximum absolute atomic E-state index is 12.4. The zero-order valence-corrected chi connectivity index (χ0v) is 14.9. The number of likely N-dealkylation sites (N-methyl/N-ethyl adjacent to an activating group) is 1. The normalized spacial score (nSPS) is 11.0. The lowest BCUT2D eigenvalue weighted by atomic mass is 10.1. The van der Waals surface area contributed by atoms with Crippen molar-refractivity contribution in [2.45, 2.75) is 12.6 Å². The van der Waals surface area contributed by atoms with E-state index >= 15 is 0 Å². The van der Waals surface area contributed by atoms with Gasteiger partial charge in [-0.15, -0.1) is 0 Å². The van der Waals surface area contributed by atoms with Gasteiger partial charge in [-0.2, -0.15) is 13.2 Å². The van der Waals surface area contributed by atoms with Gasteiger partial charge in [-0.25, -0.2) is 4.79 Å². The summed E-state index contributed by atoms with van der Waals surface area (Å²) in [5.41, 5.74) is 1.06. The van der Waals surface area contributed by atoms with Crippen molar-refractivity contribution in [1.29, 1.82) is 0 Å². The average molecular weight is 397 g/mol. The summed E-state index contributed by atoms with van der Waals surface area (Å²) < 4.78 is 46.4. The Morgan fingerprint density at radius 1 is 1.04 bits per heavy atom. The maximum atomic E-state index is 12.4. The lowest BCUT2D eigenvalue weighted by molar-refractivity contribution is -0.153. The van der Waals surface area contributed by atoms with Gasteiger partial charge in [-0.3, -0.25) is 4.79 Å². The Morgan fingerprint density at radius 3 is 2.32 bits per heavy atom. The SMILES string of the molecule is CN(C(=O)Cc1cccc(OCC(F)(F)F)c1)c1ccc(OCC(=O)O)cc1. The number of anilines is 1. The lowest BCUT2D eigenvalue weighted by Gasteiger charge is -2.18. The number of hydrogen-bond donors (Lipinski definition) is 1. The zero-order chi connectivity index (χ0) is 20.7. The molecule has 0 saturated heterocycles. The summed E-state index contributed by atoms with van der Waals surface area (Å²) in [6.45, 7) is -1.87. The Balaban J connectivity index is 1.97. The van der Waals surface area contributed by atoms with Crippen molar-refractivity contribution >= 4 is 17.6 Å². The number of carbonyl (C=O) groups is 2. The van der Waals surface area contributed by atoms with E-state index in [1.807, 2.05) is 0 Å². The molecule has 0 heterocycles. The first kappa shape index (κ1) is 21.1. The van der Waals surface area contributed by atoms with E-state index in [0.29, 0.717) is 17.0 Å². The number of halogens is 3. The van der Waals surface area contributed by atoms with E-state index in [4.69, 9.17) is 9.84 Å². The fourth-order valence-corrected chi connectivity index (χ4v) is 2.26. The highest BCUT2D eigenvalue weighted by molar-refractivity contribution is 5.94. The van der Waals surface area contributed by atoms with E-state index in [1.165, 1.54) is 35.2 Å². The first-order chi connectivity index (χ1) is 13.1. The summed E-state index contributed by atoms with van der Waals surface area (Å²) in [7, 11) is 1.56. The molecule has 28 heavy (non-hydrogen) atoms. The minimum absolute atomic E-state index is 0.0308. The standard InChI is InChI=1S/C19H18F3NO5/c1-23(14-5-7-15(8-6-14)27-11-18(25)26)17(24)10-13-3-2-4-16(9-13)28-12-19(20,21)22/h2-9H,10-12H2,1H3,(H,25,26). The van der Waals surface area contributed by atoms with Gasteiger partial charge in [-0.05, 0) is 42.0 Å². The Labute approximate surface area is 159 Å². The van der Waals surface area contributed by atoms with Crippen molar-refractivity contribution in [2.75, 3.05) is 25.2 Å². The van der Waals surface area contributed by atoms with Gasteiger partial charge in [0, 0.05) is 12.7 Å². The Bertz CT molecular complexity index is 821. The number of nitrogens with zero attached hydrogens (tertiary/aromatic N) is 1. The van der Waals surface area contributed by atoms with Crippen molar-refractivity contribution in [2.24, 2.45) is 0 Å². The molecule has 0 saturated carbocycles. The topological polar surface area (TPSA) is 76.1 Å². The van der Waals surface area contributed by atoms with Crippen LogP contribution in [0.4, 0.5) is 18.9 Å². The van der Waals surface area contributed by atoms with Gasteiger partial charge in [0.05, 0.1) is 6.42 Å². The molecule has 150 valence electrons. The van der Waals surface area contributed by atoms with Gasteiger partial charge in [0.2, 0.25) is 5.91 Å². The molecule has 2 rings (SSSR count). The molecular weight excluding hydrogens is 379 g/mol. The first-order valence-electron chi connectivity index (χ1n) is 8.14. The predicted octanol–water partition coefficient (Wildman–Crippen LogP) is 3.30. The second-order valence-electron chi connectivity index (χ2n) is 5.86. The molecule has 0 aromatic heterocycles. The minimum Gasteiger partial charge on any atom is -0.484 e. The molecule has 0 bridgehead atoms. The van der Waals surface area contributed by atoms with Gasteiger partial charge in [0.15, 0.2) is 13.2 Å². The summed E-state index contributed by atoms with van der Waals surface area (Å²) in [6.07, 6.45) is -4.47. The summed E-state index contributed by atoms with van der Waals surface area (Å²) in [6, 6.07) is 12.2. The van der Waals surface area contributed by atoms with Crippen LogP contribution in [0.5, 0.6) is 11.5 Å². The van der Waals surface area contributed by atoms with Crippen LogP contribution in [0, 0.1) is 0 Å². The molecule has 1 N–H and O–H groups in total. The molecule has 0 spiro atoms. The van der Waals surface area contributed by atoms with Crippen LogP contribution in [-0.4, -0.2) is 43.4 Å². The zero-order valence-electron chi connectivity index (χ0n) is 14.9. The summed E-state index contributed by atoms with van der Waals surface area (Å²) in [5, 5.41) is 8.58. The third-order valence-corrected chi connectivity index (χ3v) is 3.62. The monoisotopic (exact) mass is 397 g/mol. The van der Waals surface area contributed by atoms with Crippen molar-refractivity contribution in [3.05, 3.63) is 54.1 Å². The maximum Gasteiger partial charge on any atom is 0.422 e. The van der Waals surface area contributed by atoms with Crippen molar-refractivity contribution < 1.29 is 37.3 Å². The minimum atomic E-state index is -4.44. The molecule has 0 atom stereocenters. The average Bonchev–Trinajstić information content (AvgIpc) is 2.64. The summed E-state index contributed by atoms with van der Waals surface area (Å²) >= 11 is 0. The van der Waals surface area contributed by atoms with Crippen LogP contribution >= 0.6 is 0 Å². The van der Waals surface area contributed by atoms with E-state index in [-0.39, 0.29) is 18.1 Å². The molecule has 0 aliphatic rings. The number of hydrogen-bond acceptors (Lipinski definition) is 4. The molecule has 2 aromatic rings. The van der Waals surface area contributed by atoms with Gasteiger partial charge in [0.1, 0.15) is 11.5 Å². The molecule has 2 aromatic carbocycles.